The summed E-state index contributed by atoms with van der Waals surface area (Å²) in [7, 11) is 1.73. The van der Waals surface area contributed by atoms with Gasteiger partial charge in [0.15, 0.2) is 0 Å². The van der Waals surface area contributed by atoms with Crippen molar-refractivity contribution in [3.8, 4) is 5.75 Å². The van der Waals surface area contributed by atoms with E-state index in [0.29, 0.717) is 0 Å². The van der Waals surface area contributed by atoms with Crippen molar-refractivity contribution in [2.75, 3.05) is 7.11 Å². The molecule has 0 fully saturated rings. The molecule has 0 bridgehead atoms. The van der Waals surface area contributed by atoms with E-state index >= 15 is 0 Å². The molecule has 0 atom stereocenters. The van der Waals surface area contributed by atoms with E-state index in [9.17, 15) is 0 Å². The smallest absolute Gasteiger partial charge is 0.129 e. The number of hydrogen-bond acceptors (Lipinski definition) is 1. The molecule has 1 rings (SSSR count). The summed E-state index contributed by atoms with van der Waals surface area (Å²) in [4.78, 5) is 0. The lowest BCUT2D eigenvalue weighted by molar-refractivity contribution is 0.409. The summed E-state index contributed by atoms with van der Waals surface area (Å²) in [5.74, 6) is 1.01. The van der Waals surface area contributed by atoms with Crippen molar-refractivity contribution in [2.45, 2.75) is 26.7 Å². The molecule has 0 spiro atoms. The molecular formula is C13H18O. The highest BCUT2D eigenvalue weighted by Gasteiger charge is 2.03. The first-order valence-electron chi connectivity index (χ1n) is 5.15. The summed E-state index contributed by atoms with van der Waals surface area (Å²) in [6.07, 6.45) is 6.34. The first-order valence-corrected chi connectivity index (χ1v) is 5.15. The van der Waals surface area contributed by atoms with Gasteiger partial charge in [0.05, 0.1) is 7.11 Å². The zero-order valence-electron chi connectivity index (χ0n) is 9.21. The second kappa shape index (κ2) is 5.48. The number of rotatable bonds is 4. The monoisotopic (exact) mass is 190 g/mol. The Bertz CT molecular complexity index is 313. The topological polar surface area (TPSA) is 9.23 Å². The molecule has 76 valence electrons. The normalized spacial score (nSPS) is 10.8. The highest BCUT2D eigenvalue weighted by molar-refractivity contribution is 5.59. The van der Waals surface area contributed by atoms with Gasteiger partial charge in [-0.1, -0.05) is 44.2 Å². The molecule has 0 heterocycles. The molecule has 1 aromatic rings. The molecule has 0 unspecified atom stereocenters. The molecule has 0 amide bonds. The summed E-state index contributed by atoms with van der Waals surface area (Å²) in [6, 6.07) is 6.28. The molecule has 0 saturated heterocycles. The maximum Gasteiger partial charge on any atom is 0.129 e. The maximum atomic E-state index is 5.41. The first-order chi connectivity index (χ1) is 6.83. The molecule has 0 radical (unpaired) electrons. The zero-order valence-corrected chi connectivity index (χ0v) is 9.21. The van der Waals surface area contributed by atoms with Gasteiger partial charge in [0, 0.05) is 5.56 Å². The minimum atomic E-state index is 1.01. The van der Waals surface area contributed by atoms with Gasteiger partial charge < -0.3 is 4.74 Å². The first kappa shape index (κ1) is 10.8. The van der Waals surface area contributed by atoms with E-state index in [1.54, 1.807) is 7.11 Å². The van der Waals surface area contributed by atoms with E-state index in [4.69, 9.17) is 4.74 Å². The van der Waals surface area contributed by atoms with Gasteiger partial charge in [-0.3, -0.25) is 0 Å². The largest absolute Gasteiger partial charge is 0.496 e. The number of hydrogen-bond donors (Lipinski definition) is 0. The highest BCUT2D eigenvalue weighted by Crippen LogP contribution is 2.25. The Morgan fingerprint density at radius 2 is 2.07 bits per heavy atom. The van der Waals surface area contributed by atoms with E-state index in [1.165, 1.54) is 11.1 Å². The van der Waals surface area contributed by atoms with Gasteiger partial charge >= 0.3 is 0 Å². The Morgan fingerprint density at radius 3 is 2.64 bits per heavy atom. The van der Waals surface area contributed by atoms with Crippen molar-refractivity contribution in [3.05, 3.63) is 35.4 Å². The molecule has 1 nitrogen and oxygen atoms in total. The van der Waals surface area contributed by atoms with Crippen molar-refractivity contribution in [2.24, 2.45) is 0 Å². The minimum Gasteiger partial charge on any atom is -0.496 e. The molecule has 1 heteroatoms. The Balaban J connectivity index is 3.08. The van der Waals surface area contributed by atoms with Crippen LogP contribution in [0.2, 0.25) is 0 Å². The Kier molecular flexibility index (Phi) is 4.24. The summed E-state index contributed by atoms with van der Waals surface area (Å²) < 4.78 is 5.41. The van der Waals surface area contributed by atoms with Crippen LogP contribution in [0, 0.1) is 0 Å². The fourth-order valence-corrected chi connectivity index (χ4v) is 1.51. The average molecular weight is 190 g/mol. The van der Waals surface area contributed by atoms with E-state index < -0.39 is 0 Å². The van der Waals surface area contributed by atoms with Gasteiger partial charge in [0.25, 0.3) is 0 Å². The van der Waals surface area contributed by atoms with Crippen LogP contribution in [0.25, 0.3) is 6.08 Å². The standard InChI is InChI=1S/C13H18O/c1-4-6-8-12-10-7-9-11(5-2)13(12)14-3/h6-10H,4-5H2,1-3H3/b8-6+. The van der Waals surface area contributed by atoms with Crippen LogP contribution in [-0.4, -0.2) is 7.11 Å². The fraction of sp³-hybridized carbons (Fsp3) is 0.385. The third kappa shape index (κ3) is 2.38. The van der Waals surface area contributed by atoms with Gasteiger partial charge in [-0.05, 0) is 18.4 Å². The fourth-order valence-electron chi connectivity index (χ4n) is 1.51. The third-order valence-corrected chi connectivity index (χ3v) is 2.25. The van der Waals surface area contributed by atoms with Crippen molar-refractivity contribution < 1.29 is 4.74 Å². The molecule has 0 N–H and O–H groups in total. The summed E-state index contributed by atoms with van der Waals surface area (Å²) in [5, 5.41) is 0. The van der Waals surface area contributed by atoms with E-state index in [2.05, 4.69) is 44.2 Å². The number of aryl methyl sites for hydroxylation is 1. The molecule has 0 aliphatic carbocycles. The second-order valence-corrected chi connectivity index (χ2v) is 3.20. The van der Waals surface area contributed by atoms with Gasteiger partial charge in [-0.2, -0.15) is 0 Å². The predicted molar refractivity (Wildman–Crippen MR) is 61.7 cm³/mol. The molecule has 0 aliphatic heterocycles. The van der Waals surface area contributed by atoms with Gasteiger partial charge in [-0.25, -0.2) is 0 Å². The minimum absolute atomic E-state index is 1.01. The van der Waals surface area contributed by atoms with Crippen LogP contribution in [0.3, 0.4) is 0 Å². The quantitative estimate of drug-likeness (QED) is 0.703. The highest BCUT2D eigenvalue weighted by atomic mass is 16.5. The van der Waals surface area contributed by atoms with Gasteiger partial charge in [0.2, 0.25) is 0 Å². The van der Waals surface area contributed by atoms with Crippen molar-refractivity contribution in [3.63, 3.8) is 0 Å². The molecule has 0 aliphatic rings. The van der Waals surface area contributed by atoms with Crippen molar-refractivity contribution >= 4 is 6.08 Å². The lowest BCUT2D eigenvalue weighted by Crippen LogP contribution is -1.92. The maximum absolute atomic E-state index is 5.41. The Morgan fingerprint density at radius 1 is 1.29 bits per heavy atom. The predicted octanol–water partition coefficient (Wildman–Crippen LogP) is 3.68. The van der Waals surface area contributed by atoms with Gasteiger partial charge in [0.1, 0.15) is 5.75 Å². The third-order valence-electron chi connectivity index (χ3n) is 2.25. The average Bonchev–Trinajstić information content (AvgIpc) is 2.25. The summed E-state index contributed by atoms with van der Waals surface area (Å²) >= 11 is 0. The van der Waals surface area contributed by atoms with Crippen LogP contribution in [-0.2, 0) is 6.42 Å². The van der Waals surface area contributed by atoms with Crippen molar-refractivity contribution in [1.29, 1.82) is 0 Å². The Labute approximate surface area is 86.4 Å². The summed E-state index contributed by atoms with van der Waals surface area (Å²) in [6.45, 7) is 4.28. The molecule has 1 aromatic carbocycles. The van der Waals surface area contributed by atoms with Crippen LogP contribution in [0.5, 0.6) is 5.75 Å². The van der Waals surface area contributed by atoms with Crippen LogP contribution in [0.15, 0.2) is 24.3 Å². The van der Waals surface area contributed by atoms with Crippen molar-refractivity contribution in [1.82, 2.24) is 0 Å². The van der Waals surface area contributed by atoms with Gasteiger partial charge in [-0.15, -0.1) is 0 Å². The van der Waals surface area contributed by atoms with Crippen LogP contribution < -0.4 is 4.74 Å². The van der Waals surface area contributed by atoms with E-state index in [1.807, 2.05) is 0 Å². The van der Waals surface area contributed by atoms with E-state index in [-0.39, 0.29) is 0 Å². The number of benzene rings is 1. The van der Waals surface area contributed by atoms with Crippen LogP contribution in [0.1, 0.15) is 31.4 Å². The summed E-state index contributed by atoms with van der Waals surface area (Å²) in [5.41, 5.74) is 2.44. The van der Waals surface area contributed by atoms with Crippen LogP contribution >= 0.6 is 0 Å². The zero-order chi connectivity index (χ0) is 10.4. The molecule has 0 saturated carbocycles. The lowest BCUT2D eigenvalue weighted by Gasteiger charge is -2.09. The molecule has 0 aromatic heterocycles. The van der Waals surface area contributed by atoms with Crippen LogP contribution in [0.4, 0.5) is 0 Å². The number of para-hydroxylation sites is 1. The number of ether oxygens (including phenoxy) is 1. The molecule has 14 heavy (non-hydrogen) atoms. The number of methoxy groups -OCH3 is 1. The Hall–Kier alpha value is -1.24. The molecular weight excluding hydrogens is 172 g/mol. The number of allylic oxidation sites excluding steroid dienone is 1. The SMILES string of the molecule is CC/C=C/c1cccc(CC)c1OC. The van der Waals surface area contributed by atoms with E-state index in [0.717, 1.165) is 18.6 Å². The second-order valence-electron chi connectivity index (χ2n) is 3.20. The lowest BCUT2D eigenvalue weighted by atomic mass is 10.1.